The first-order valence-corrected chi connectivity index (χ1v) is 17.1. The van der Waals surface area contributed by atoms with Gasteiger partial charge in [-0.05, 0) is 0 Å². The average molecular weight is 681 g/mol. The van der Waals surface area contributed by atoms with E-state index in [0.29, 0.717) is 3.80 Å². The van der Waals surface area contributed by atoms with Crippen LogP contribution in [-0.2, 0) is 9.59 Å². The summed E-state index contributed by atoms with van der Waals surface area (Å²) in [5.74, 6) is -0.469. The summed E-state index contributed by atoms with van der Waals surface area (Å²) in [4.78, 5) is 31.1. The van der Waals surface area contributed by atoms with Gasteiger partial charge in [-0.3, -0.25) is 0 Å². The van der Waals surface area contributed by atoms with E-state index in [1.807, 2.05) is 6.08 Å². The van der Waals surface area contributed by atoms with Gasteiger partial charge in [-0.2, -0.15) is 0 Å². The normalized spacial score (nSPS) is 17.3. The van der Waals surface area contributed by atoms with Crippen LogP contribution in [0, 0.1) is 0 Å². The molecule has 2 aliphatic heterocycles. The van der Waals surface area contributed by atoms with Gasteiger partial charge in [0.1, 0.15) is 0 Å². The number of hydrogen-bond donors (Lipinski definition) is 0. The van der Waals surface area contributed by atoms with Gasteiger partial charge in [0, 0.05) is 0 Å². The second kappa shape index (κ2) is 8.38. The van der Waals surface area contributed by atoms with Crippen LogP contribution in [0.3, 0.4) is 0 Å². The minimum absolute atomic E-state index is 0.235. The van der Waals surface area contributed by atoms with Crippen molar-refractivity contribution < 1.29 is 9.59 Å². The molecule has 2 aliphatic rings. The third-order valence-electron chi connectivity index (χ3n) is 6.40. The molecule has 0 radical (unpaired) electrons. The first-order chi connectivity index (χ1) is 15.7. The second-order valence-corrected chi connectivity index (χ2v) is 17.2. The Kier molecular flexibility index (Phi) is 5.80. The molecule has 8 heteroatoms. The summed E-state index contributed by atoms with van der Waals surface area (Å²) >= 11 is 0.913. The van der Waals surface area contributed by atoms with E-state index in [1.165, 1.54) is 25.5 Å². The molecular weight excluding hydrogens is 658 g/mol. The number of nitrogens with zero attached hydrogens (tertiary/aromatic N) is 3. The Hall–Kier alpha value is -1.93. The number of benzene rings is 2. The molecule has 5 nitrogen and oxygen atoms in total. The van der Waals surface area contributed by atoms with Crippen molar-refractivity contribution in [3.63, 3.8) is 0 Å². The van der Waals surface area contributed by atoms with E-state index in [1.54, 1.807) is 45.7 Å². The van der Waals surface area contributed by atoms with Gasteiger partial charge in [-0.25, -0.2) is 0 Å². The molecule has 3 aromatic rings. The van der Waals surface area contributed by atoms with Crippen molar-refractivity contribution in [2.75, 3.05) is 19.0 Å². The van der Waals surface area contributed by atoms with E-state index in [2.05, 4.69) is 78.7 Å². The predicted molar refractivity (Wildman–Crippen MR) is 139 cm³/mol. The van der Waals surface area contributed by atoms with Crippen LogP contribution >= 0.6 is 0 Å². The molecule has 1 fully saturated rings. The minimum atomic E-state index is -1.80. The van der Waals surface area contributed by atoms with Crippen molar-refractivity contribution in [1.82, 2.24) is 9.80 Å². The Labute approximate surface area is 217 Å². The molecule has 0 spiro atoms. The predicted octanol–water partition coefficient (Wildman–Crippen LogP) is 1.92. The van der Waals surface area contributed by atoms with Crippen LogP contribution < -0.4 is 15.3 Å². The number of anilines is 3. The van der Waals surface area contributed by atoms with Gasteiger partial charge in [-0.1, -0.05) is 0 Å². The standard InChI is InChI=1S/C25H23N3O2SiTe2/c1-26-23(29)17(24(30)27(2)25(26)32)15-16-13-14-22(33-16)28-18-9-5-7-11-20(18)31(3,4)21-12-8-6-10-19(21)28/h5-15H,1-4H3. The number of hydrogen-bond acceptors (Lipinski definition) is 3. The zero-order valence-electron chi connectivity index (χ0n) is 18.8. The van der Waals surface area contributed by atoms with E-state index in [9.17, 15) is 9.59 Å². The first-order valence-electron chi connectivity index (χ1n) is 10.6. The Balaban J connectivity index is 1.61. The molecule has 1 saturated heterocycles. The van der Waals surface area contributed by atoms with Crippen LogP contribution in [0.2, 0.25) is 13.1 Å². The van der Waals surface area contributed by atoms with Crippen LogP contribution in [0.1, 0.15) is 3.58 Å². The van der Waals surface area contributed by atoms with Gasteiger partial charge in [-0.15, -0.1) is 0 Å². The van der Waals surface area contributed by atoms with E-state index in [0.717, 1.165) is 3.58 Å². The van der Waals surface area contributed by atoms with Crippen molar-refractivity contribution in [1.29, 1.82) is 0 Å². The molecule has 0 unspecified atom stereocenters. The summed E-state index contributed by atoms with van der Waals surface area (Å²) in [6, 6.07) is 21.8. The monoisotopic (exact) mass is 685 g/mol. The maximum absolute atomic E-state index is 12.8. The topological polar surface area (TPSA) is 43.9 Å². The van der Waals surface area contributed by atoms with Crippen molar-refractivity contribution in [3.8, 4) is 0 Å². The molecule has 0 N–H and O–H groups in total. The molecule has 166 valence electrons. The number of carbonyl (C=O) groups excluding carboxylic acids is 2. The van der Waals surface area contributed by atoms with Crippen molar-refractivity contribution in [2.45, 2.75) is 13.1 Å². The molecule has 33 heavy (non-hydrogen) atoms. The Morgan fingerprint density at radius 3 is 1.88 bits per heavy atom. The van der Waals surface area contributed by atoms with Gasteiger partial charge in [0.05, 0.1) is 0 Å². The van der Waals surface area contributed by atoms with Crippen LogP contribution in [0.15, 0.2) is 66.2 Å². The number of carbonyl (C=O) groups is 2. The van der Waals surface area contributed by atoms with Gasteiger partial charge in [0.25, 0.3) is 0 Å². The number of para-hydroxylation sites is 2. The molecule has 0 aliphatic carbocycles. The zero-order chi connectivity index (χ0) is 23.5. The molecule has 1 aromatic heterocycles. The quantitative estimate of drug-likeness (QED) is 0.236. The number of fused-ring (bicyclic) bond motifs is 2. The molecule has 2 aromatic carbocycles. The molecule has 5 rings (SSSR count). The molecule has 3 heterocycles. The maximum atomic E-state index is 12.8. The third kappa shape index (κ3) is 3.60. The number of likely N-dealkylation sites (N-methyl/N-ethyl adjacent to an activating group) is 2. The van der Waals surface area contributed by atoms with Gasteiger partial charge >= 0.3 is 219 Å². The molecule has 0 bridgehead atoms. The summed E-state index contributed by atoms with van der Waals surface area (Å²) < 4.78 is 3.02. The zero-order valence-corrected chi connectivity index (χ0v) is 24.5. The Morgan fingerprint density at radius 2 is 1.33 bits per heavy atom. The van der Waals surface area contributed by atoms with Crippen molar-refractivity contribution in [2.24, 2.45) is 0 Å². The first kappa shape index (κ1) is 22.8. The fraction of sp³-hybridized carbons (Fsp3) is 0.160. The van der Waals surface area contributed by atoms with E-state index in [-0.39, 0.29) is 17.4 Å². The van der Waals surface area contributed by atoms with E-state index < -0.39 is 28.5 Å². The van der Waals surface area contributed by atoms with Gasteiger partial charge in [0.2, 0.25) is 0 Å². The van der Waals surface area contributed by atoms with E-state index in [4.69, 9.17) is 0 Å². The van der Waals surface area contributed by atoms with Crippen molar-refractivity contribution >= 4 is 97.5 Å². The summed E-state index contributed by atoms with van der Waals surface area (Å²) in [5, 5.41) is 2.88. The number of amides is 2. The average Bonchev–Trinajstić information content (AvgIpc) is 3.28. The second-order valence-electron chi connectivity index (χ2n) is 8.74. The third-order valence-corrected chi connectivity index (χ3v) is 14.4. The molecule has 2 amide bonds. The fourth-order valence-electron chi connectivity index (χ4n) is 4.56. The summed E-state index contributed by atoms with van der Waals surface area (Å²) in [7, 11) is 1.63. The van der Waals surface area contributed by atoms with Crippen LogP contribution in [-0.4, -0.2) is 89.8 Å². The summed E-state index contributed by atoms with van der Waals surface area (Å²) in [6.45, 7) is 4.84. The van der Waals surface area contributed by atoms with Crippen LogP contribution in [0.25, 0.3) is 6.08 Å². The Bertz CT molecular complexity index is 1290. The molecule has 0 atom stereocenters. The van der Waals surface area contributed by atoms with E-state index >= 15 is 0 Å². The fourth-order valence-corrected chi connectivity index (χ4v) is 10.8. The van der Waals surface area contributed by atoms with Crippen molar-refractivity contribution in [3.05, 3.63) is 69.8 Å². The molecule has 0 saturated carbocycles. The summed E-state index contributed by atoms with van der Waals surface area (Å²) in [6.07, 6.45) is 1.82. The Morgan fingerprint density at radius 1 is 0.818 bits per heavy atom. The van der Waals surface area contributed by atoms with Gasteiger partial charge < -0.3 is 0 Å². The SMILES string of the molecule is CN1C(=O)C(=Cc2ccc(N3c4ccccc4[Si](C)(C)c4ccccc43)[te]2)C(=O)N(C)C1=[Te]. The molecular formula is C25H23N3O2SiTe2. The van der Waals surface area contributed by atoms with Crippen LogP contribution in [0.5, 0.6) is 0 Å². The summed E-state index contributed by atoms with van der Waals surface area (Å²) in [5.41, 5.74) is 2.77. The van der Waals surface area contributed by atoms with Gasteiger partial charge in [0.15, 0.2) is 0 Å². The number of rotatable bonds is 2. The van der Waals surface area contributed by atoms with Crippen LogP contribution in [0.4, 0.5) is 15.1 Å².